The first kappa shape index (κ1) is 14.6. The van der Waals surface area contributed by atoms with Crippen molar-refractivity contribution in [2.45, 2.75) is 4.90 Å². The van der Waals surface area contributed by atoms with Crippen LogP contribution in [0, 0.1) is 15.0 Å². The van der Waals surface area contributed by atoms with Crippen LogP contribution in [0.15, 0.2) is 34.4 Å². The van der Waals surface area contributed by atoms with Crippen LogP contribution in [0.4, 0.5) is 11.4 Å². The quantitative estimate of drug-likeness (QED) is 0.253. The van der Waals surface area contributed by atoms with Gasteiger partial charge >= 0.3 is 0 Å². The number of non-ortho nitro benzene ring substituents is 1. The van der Waals surface area contributed by atoms with Gasteiger partial charge in [-0.15, -0.1) is 4.91 Å². The van der Waals surface area contributed by atoms with E-state index in [1.165, 1.54) is 0 Å². The van der Waals surface area contributed by atoms with E-state index < -0.39 is 31.4 Å². The number of anilines is 1. The van der Waals surface area contributed by atoms with E-state index in [2.05, 4.69) is 5.29 Å². The van der Waals surface area contributed by atoms with Crippen LogP contribution in [-0.4, -0.2) is 23.0 Å². The molecular weight excluding hydrogens is 306 g/mol. The van der Waals surface area contributed by atoms with Crippen molar-refractivity contribution >= 4 is 32.3 Å². The van der Waals surface area contributed by atoms with Gasteiger partial charge in [-0.05, 0) is 6.07 Å². The second kappa shape index (κ2) is 4.96. The van der Waals surface area contributed by atoms with E-state index >= 15 is 0 Å². The Morgan fingerprint density at radius 2 is 1.90 bits per heavy atom. The molecule has 0 aromatic heterocycles. The molecule has 0 heterocycles. The fraction of sp³-hybridized carbons (Fsp3) is 0. The van der Waals surface area contributed by atoms with E-state index in [-0.39, 0.29) is 16.5 Å². The molecule has 0 amide bonds. The maximum absolute atomic E-state index is 11.3. The summed E-state index contributed by atoms with van der Waals surface area (Å²) in [5, 5.41) is 22.5. The minimum absolute atomic E-state index is 0.0344. The van der Waals surface area contributed by atoms with Gasteiger partial charge in [-0.3, -0.25) is 14.7 Å². The Hall–Kier alpha value is -2.79. The molecule has 0 atom stereocenters. The molecule has 10 nitrogen and oxygen atoms in total. The molecule has 11 heteroatoms. The van der Waals surface area contributed by atoms with Gasteiger partial charge in [0.15, 0.2) is 0 Å². The summed E-state index contributed by atoms with van der Waals surface area (Å²) < 4.78 is 31.8. The topological polar surface area (TPSA) is 159 Å². The molecular formula is C10H7N3O7S. The number of nitroso groups, excluding NO2 is 1. The van der Waals surface area contributed by atoms with E-state index in [1.807, 2.05) is 5.43 Å². The van der Waals surface area contributed by atoms with Crippen LogP contribution in [-0.2, 0) is 10.1 Å². The van der Waals surface area contributed by atoms with Gasteiger partial charge < -0.3 is 5.11 Å². The molecule has 0 bridgehead atoms. The fourth-order valence-electron chi connectivity index (χ4n) is 1.86. The average Bonchev–Trinajstić information content (AvgIpc) is 2.39. The minimum Gasteiger partial charge on any atom is -0.506 e. The Balaban J connectivity index is 2.97. The van der Waals surface area contributed by atoms with Gasteiger partial charge in [0, 0.05) is 29.0 Å². The predicted molar refractivity (Wildman–Crippen MR) is 71.5 cm³/mol. The summed E-state index contributed by atoms with van der Waals surface area (Å²) in [5.41, 5.74) is 1.26. The smallest absolute Gasteiger partial charge is 0.295 e. The number of nitro benzene ring substituents is 1. The molecule has 0 aliphatic rings. The van der Waals surface area contributed by atoms with Crippen molar-refractivity contribution in [3.63, 3.8) is 0 Å². The standard InChI is InChI=1S/C10H7N3O7S/c14-8-4-9(21(18,19)20)7-3-5(13(16)17)1-2-6(7)10(8)11-12-15/h1-4,14H,(H,11,15)(H,18,19,20). The Labute approximate surface area is 116 Å². The summed E-state index contributed by atoms with van der Waals surface area (Å²) in [7, 11) is -4.75. The summed E-state index contributed by atoms with van der Waals surface area (Å²) in [5.74, 6) is -0.663. The molecule has 2 aromatic rings. The molecule has 0 aliphatic heterocycles. The summed E-state index contributed by atoms with van der Waals surface area (Å²) in [6, 6.07) is 3.73. The first-order valence-corrected chi connectivity index (χ1v) is 6.69. The van der Waals surface area contributed by atoms with Crippen molar-refractivity contribution in [3.05, 3.63) is 39.3 Å². The van der Waals surface area contributed by atoms with Crippen LogP contribution in [0.5, 0.6) is 5.75 Å². The lowest BCUT2D eigenvalue weighted by molar-refractivity contribution is -0.384. The molecule has 110 valence electrons. The van der Waals surface area contributed by atoms with E-state index in [1.54, 1.807) is 0 Å². The first-order chi connectivity index (χ1) is 9.75. The molecule has 0 spiro atoms. The number of fused-ring (bicyclic) bond motifs is 1. The summed E-state index contributed by atoms with van der Waals surface area (Å²) >= 11 is 0. The van der Waals surface area contributed by atoms with E-state index in [0.717, 1.165) is 18.2 Å². The number of hydrogen-bond acceptors (Lipinski definition) is 7. The van der Waals surface area contributed by atoms with E-state index in [9.17, 15) is 28.5 Å². The van der Waals surface area contributed by atoms with Crippen LogP contribution in [0.3, 0.4) is 0 Å². The molecule has 0 saturated carbocycles. The van der Waals surface area contributed by atoms with E-state index in [0.29, 0.717) is 6.07 Å². The largest absolute Gasteiger partial charge is 0.506 e. The highest BCUT2D eigenvalue weighted by Gasteiger charge is 2.21. The number of nitro groups is 1. The van der Waals surface area contributed by atoms with Crippen LogP contribution < -0.4 is 5.43 Å². The van der Waals surface area contributed by atoms with Crippen molar-refractivity contribution in [1.82, 2.24) is 0 Å². The predicted octanol–water partition coefficient (Wildman–Crippen LogP) is 1.79. The molecule has 2 rings (SSSR count). The Kier molecular flexibility index (Phi) is 3.45. The summed E-state index contributed by atoms with van der Waals surface area (Å²) in [6.07, 6.45) is 0. The number of nitrogens with zero attached hydrogens (tertiary/aromatic N) is 2. The van der Waals surface area contributed by atoms with Gasteiger partial charge in [0.25, 0.3) is 15.8 Å². The number of aromatic hydroxyl groups is 1. The van der Waals surface area contributed by atoms with Gasteiger partial charge in [0.2, 0.25) is 0 Å². The van der Waals surface area contributed by atoms with Crippen molar-refractivity contribution in [1.29, 1.82) is 0 Å². The van der Waals surface area contributed by atoms with E-state index in [4.69, 9.17) is 4.55 Å². The van der Waals surface area contributed by atoms with Crippen LogP contribution in [0.25, 0.3) is 10.8 Å². The SMILES string of the molecule is O=NNc1c(O)cc(S(=O)(=O)O)c2cc([N+](=O)[O-])ccc12. The number of nitrogens with one attached hydrogen (secondary N) is 1. The maximum Gasteiger partial charge on any atom is 0.295 e. The first-order valence-electron chi connectivity index (χ1n) is 5.25. The van der Waals surface area contributed by atoms with Crippen molar-refractivity contribution in [2.75, 3.05) is 5.43 Å². The van der Waals surface area contributed by atoms with Crippen LogP contribution in [0.2, 0.25) is 0 Å². The Morgan fingerprint density at radius 3 is 2.43 bits per heavy atom. The van der Waals surface area contributed by atoms with Crippen LogP contribution >= 0.6 is 0 Å². The highest BCUT2D eigenvalue weighted by atomic mass is 32.2. The zero-order valence-corrected chi connectivity index (χ0v) is 10.9. The third-order valence-electron chi connectivity index (χ3n) is 2.71. The highest BCUT2D eigenvalue weighted by Crippen LogP contribution is 2.38. The van der Waals surface area contributed by atoms with Gasteiger partial charge in [0.1, 0.15) is 16.3 Å². The normalized spacial score (nSPS) is 11.3. The summed E-state index contributed by atoms with van der Waals surface area (Å²) in [4.78, 5) is 19.5. The zero-order valence-electron chi connectivity index (χ0n) is 10.0. The van der Waals surface area contributed by atoms with Crippen molar-refractivity contribution < 1.29 is 23.0 Å². The van der Waals surface area contributed by atoms with Crippen molar-refractivity contribution in [2.24, 2.45) is 5.29 Å². The Morgan fingerprint density at radius 1 is 1.24 bits per heavy atom. The number of benzene rings is 2. The molecule has 0 saturated heterocycles. The summed E-state index contributed by atoms with van der Waals surface area (Å²) in [6.45, 7) is 0. The molecule has 0 aliphatic carbocycles. The second-order valence-electron chi connectivity index (χ2n) is 3.93. The molecule has 0 unspecified atom stereocenters. The lowest BCUT2D eigenvalue weighted by atomic mass is 10.1. The number of rotatable bonds is 4. The third kappa shape index (κ3) is 2.59. The van der Waals surface area contributed by atoms with Gasteiger partial charge in [-0.1, -0.05) is 0 Å². The van der Waals surface area contributed by atoms with Crippen molar-refractivity contribution in [3.8, 4) is 5.75 Å². The monoisotopic (exact) mass is 313 g/mol. The average molecular weight is 313 g/mol. The second-order valence-corrected chi connectivity index (χ2v) is 5.32. The maximum atomic E-state index is 11.3. The number of phenolic OH excluding ortho intramolecular Hbond substituents is 1. The van der Waals surface area contributed by atoms with Gasteiger partial charge in [-0.2, -0.15) is 8.42 Å². The van der Waals surface area contributed by atoms with Gasteiger partial charge in [-0.25, -0.2) is 5.43 Å². The molecule has 0 fully saturated rings. The highest BCUT2D eigenvalue weighted by molar-refractivity contribution is 7.86. The molecule has 21 heavy (non-hydrogen) atoms. The molecule has 3 N–H and O–H groups in total. The molecule has 2 aromatic carbocycles. The minimum atomic E-state index is -4.75. The number of phenols is 1. The lowest BCUT2D eigenvalue weighted by Crippen LogP contribution is -2.01. The Bertz CT molecular complexity index is 863. The molecule has 0 radical (unpaired) electrons. The third-order valence-corrected chi connectivity index (χ3v) is 3.60. The fourth-order valence-corrected chi connectivity index (χ4v) is 2.56. The van der Waals surface area contributed by atoms with Crippen LogP contribution in [0.1, 0.15) is 0 Å². The lowest BCUT2D eigenvalue weighted by Gasteiger charge is -2.10. The van der Waals surface area contributed by atoms with Gasteiger partial charge in [0.05, 0.1) is 10.2 Å². The zero-order chi connectivity index (χ0) is 15.8. The number of hydrogen-bond donors (Lipinski definition) is 3.